The first-order valence-corrected chi connectivity index (χ1v) is 16.0. The standard InChI is InChI=1S/C29H41N6O7P/c1-17(2)14-21(29(38)39-19-10-6-4-7-11-19)34-43(42-20-12-8-5-9-13-20)41-18(3)25-23(36)24(37)28(40-25)35-16-33-22-26(30)31-15-32-27(22)35/h5,8-9,12-13,15-19,21,23-25,28,34,36-37H,4,6-7,10-11,14H2,1-3H3,(H2,30,31,32). The first kappa shape index (κ1) is 31.5. The van der Waals surface area contributed by atoms with Crippen LogP contribution in [0.25, 0.3) is 11.2 Å². The highest BCUT2D eigenvalue weighted by atomic mass is 31.2. The van der Waals surface area contributed by atoms with Gasteiger partial charge in [-0.2, -0.15) is 0 Å². The number of hydrogen-bond donors (Lipinski definition) is 4. The molecule has 1 aliphatic heterocycles. The summed E-state index contributed by atoms with van der Waals surface area (Å²) in [6.07, 6.45) is 2.85. The Morgan fingerprint density at radius 1 is 1.12 bits per heavy atom. The Hall–Kier alpha value is -2.93. The zero-order valence-electron chi connectivity index (χ0n) is 24.7. The largest absolute Gasteiger partial charge is 0.461 e. The monoisotopic (exact) mass is 616 g/mol. The quantitative estimate of drug-likeness (QED) is 0.172. The molecule has 1 saturated heterocycles. The molecule has 2 aromatic heterocycles. The fourth-order valence-corrected chi connectivity index (χ4v) is 6.81. The number of nitrogens with zero attached hydrogens (tertiary/aromatic N) is 4. The third-order valence-corrected chi connectivity index (χ3v) is 9.10. The van der Waals surface area contributed by atoms with Gasteiger partial charge in [-0.25, -0.2) is 20.0 Å². The van der Waals surface area contributed by atoms with E-state index >= 15 is 0 Å². The maximum absolute atomic E-state index is 13.4. The molecule has 1 aromatic carbocycles. The van der Waals surface area contributed by atoms with Crippen molar-refractivity contribution in [3.05, 3.63) is 43.0 Å². The van der Waals surface area contributed by atoms with Gasteiger partial charge in [0.25, 0.3) is 0 Å². The van der Waals surface area contributed by atoms with Crippen LogP contribution < -0.4 is 15.3 Å². The number of esters is 1. The van der Waals surface area contributed by atoms with Crippen LogP contribution in [-0.4, -0.2) is 72.3 Å². The number of ether oxygens (including phenoxy) is 2. The average Bonchev–Trinajstić information content (AvgIpc) is 3.55. The summed E-state index contributed by atoms with van der Waals surface area (Å²) in [6, 6.07) is 8.47. The Morgan fingerprint density at radius 2 is 1.86 bits per heavy atom. The number of para-hydroxylation sites is 1. The zero-order valence-corrected chi connectivity index (χ0v) is 25.5. The van der Waals surface area contributed by atoms with Gasteiger partial charge >= 0.3 is 14.5 Å². The zero-order chi connectivity index (χ0) is 30.5. The van der Waals surface area contributed by atoms with E-state index < -0.39 is 45.2 Å². The van der Waals surface area contributed by atoms with Crippen LogP contribution in [0.1, 0.15) is 65.5 Å². The molecule has 5 N–H and O–H groups in total. The molecule has 3 heterocycles. The van der Waals surface area contributed by atoms with Crippen LogP contribution in [0.3, 0.4) is 0 Å². The lowest BCUT2D eigenvalue weighted by Gasteiger charge is -2.30. The predicted molar refractivity (Wildman–Crippen MR) is 160 cm³/mol. The fourth-order valence-electron chi connectivity index (χ4n) is 5.46. The van der Waals surface area contributed by atoms with Gasteiger partial charge in [0.1, 0.15) is 48.1 Å². The van der Waals surface area contributed by atoms with Gasteiger partial charge in [-0.1, -0.05) is 38.5 Å². The molecule has 5 rings (SSSR count). The molecule has 0 spiro atoms. The third kappa shape index (κ3) is 7.60. The molecule has 43 heavy (non-hydrogen) atoms. The molecule has 0 radical (unpaired) electrons. The predicted octanol–water partition coefficient (Wildman–Crippen LogP) is 3.62. The van der Waals surface area contributed by atoms with E-state index in [0.717, 1.165) is 32.1 Å². The number of anilines is 1. The Bertz CT molecular complexity index is 1340. The number of nitrogens with two attached hydrogens (primary N) is 1. The maximum atomic E-state index is 13.4. The van der Waals surface area contributed by atoms with Crippen LogP contribution in [0.15, 0.2) is 43.0 Å². The third-order valence-electron chi connectivity index (χ3n) is 7.68. The Balaban J connectivity index is 1.32. The number of carbonyl (C=O) groups excluding carboxylic acids is 1. The van der Waals surface area contributed by atoms with Crippen LogP contribution >= 0.6 is 8.53 Å². The van der Waals surface area contributed by atoms with Crippen molar-refractivity contribution in [1.82, 2.24) is 24.6 Å². The topological polar surface area (TPSA) is 176 Å². The molecule has 7 atom stereocenters. The van der Waals surface area contributed by atoms with E-state index in [1.165, 1.54) is 17.2 Å². The number of carbonyl (C=O) groups is 1. The van der Waals surface area contributed by atoms with Crippen LogP contribution in [0.2, 0.25) is 0 Å². The number of rotatable bonds is 12. The van der Waals surface area contributed by atoms with E-state index in [9.17, 15) is 15.0 Å². The van der Waals surface area contributed by atoms with E-state index in [1.54, 1.807) is 19.1 Å². The van der Waals surface area contributed by atoms with Crippen LogP contribution in [-0.2, 0) is 18.8 Å². The average molecular weight is 617 g/mol. The Labute approximate surface area is 252 Å². The lowest BCUT2D eigenvalue weighted by Crippen LogP contribution is -2.42. The highest BCUT2D eigenvalue weighted by molar-refractivity contribution is 7.45. The number of nitrogens with one attached hydrogen (secondary N) is 1. The Morgan fingerprint density at radius 3 is 2.58 bits per heavy atom. The van der Waals surface area contributed by atoms with Crippen molar-refractivity contribution >= 4 is 31.5 Å². The number of benzene rings is 1. The number of fused-ring (bicyclic) bond motifs is 1. The summed E-state index contributed by atoms with van der Waals surface area (Å²) < 4.78 is 26.1. The fraction of sp³-hybridized carbons (Fsp3) is 0.586. The number of nitrogen functional groups attached to an aromatic ring is 1. The molecule has 3 aromatic rings. The summed E-state index contributed by atoms with van der Waals surface area (Å²) in [4.78, 5) is 25.8. The molecular formula is C29H41N6O7P. The highest BCUT2D eigenvalue weighted by Crippen LogP contribution is 2.42. The van der Waals surface area contributed by atoms with Gasteiger partial charge < -0.3 is 34.5 Å². The molecule has 14 heteroatoms. The summed E-state index contributed by atoms with van der Waals surface area (Å²) in [7, 11) is -1.92. The Kier molecular flexibility index (Phi) is 10.4. The lowest BCUT2D eigenvalue weighted by atomic mass is 9.97. The van der Waals surface area contributed by atoms with Crippen molar-refractivity contribution in [3.63, 3.8) is 0 Å². The molecule has 1 saturated carbocycles. The first-order chi connectivity index (χ1) is 20.7. The van der Waals surface area contributed by atoms with Crippen molar-refractivity contribution in [2.24, 2.45) is 5.92 Å². The molecular weight excluding hydrogens is 575 g/mol. The summed E-state index contributed by atoms with van der Waals surface area (Å²) in [5.74, 6) is 0.603. The molecule has 2 fully saturated rings. The molecule has 0 amide bonds. The van der Waals surface area contributed by atoms with Gasteiger partial charge in [0.05, 0.1) is 12.4 Å². The van der Waals surface area contributed by atoms with Crippen molar-refractivity contribution in [2.75, 3.05) is 5.73 Å². The SMILES string of the molecule is CC(C)CC(NP(Oc1ccccc1)OC(C)C1OC(n2cnc3c(N)ncnc32)C(O)C1O)C(=O)OC1CCCCC1. The van der Waals surface area contributed by atoms with Gasteiger partial charge in [0.15, 0.2) is 17.7 Å². The molecule has 234 valence electrons. The summed E-state index contributed by atoms with van der Waals surface area (Å²) in [5, 5.41) is 25.3. The number of aliphatic hydroxyl groups excluding tert-OH is 2. The number of aromatic nitrogens is 4. The number of aliphatic hydroxyl groups is 2. The van der Waals surface area contributed by atoms with Gasteiger partial charge in [0.2, 0.25) is 0 Å². The summed E-state index contributed by atoms with van der Waals surface area (Å²) in [6.45, 7) is 5.79. The number of imidazole rings is 1. The summed E-state index contributed by atoms with van der Waals surface area (Å²) >= 11 is 0. The normalized spacial score (nSPS) is 25.1. The first-order valence-electron chi connectivity index (χ1n) is 14.8. The van der Waals surface area contributed by atoms with Crippen LogP contribution in [0.5, 0.6) is 5.75 Å². The van der Waals surface area contributed by atoms with E-state index in [0.29, 0.717) is 23.3 Å². The maximum Gasteiger partial charge on any atom is 0.323 e. The smallest absolute Gasteiger partial charge is 0.323 e. The van der Waals surface area contributed by atoms with Gasteiger partial charge in [-0.15, -0.1) is 0 Å². The van der Waals surface area contributed by atoms with Gasteiger partial charge in [-0.05, 0) is 57.1 Å². The van der Waals surface area contributed by atoms with Crippen molar-refractivity contribution < 1.29 is 33.5 Å². The van der Waals surface area contributed by atoms with Crippen LogP contribution in [0.4, 0.5) is 5.82 Å². The lowest BCUT2D eigenvalue weighted by molar-refractivity contribution is -0.153. The van der Waals surface area contributed by atoms with E-state index in [2.05, 4.69) is 20.0 Å². The van der Waals surface area contributed by atoms with Gasteiger partial charge in [0, 0.05) is 0 Å². The minimum absolute atomic E-state index is 0.0841. The molecule has 2 aliphatic rings. The second-order valence-corrected chi connectivity index (χ2v) is 12.7. The molecule has 13 nitrogen and oxygen atoms in total. The summed E-state index contributed by atoms with van der Waals surface area (Å²) in [5.41, 5.74) is 6.64. The molecule has 0 bridgehead atoms. The van der Waals surface area contributed by atoms with Crippen molar-refractivity contribution in [3.8, 4) is 5.75 Å². The second kappa shape index (κ2) is 14.2. The highest BCUT2D eigenvalue weighted by Gasteiger charge is 2.48. The molecule has 7 unspecified atom stereocenters. The van der Waals surface area contributed by atoms with Gasteiger partial charge in [-0.3, -0.25) is 9.36 Å². The van der Waals surface area contributed by atoms with Crippen LogP contribution in [0, 0.1) is 5.92 Å². The second-order valence-electron chi connectivity index (χ2n) is 11.5. The van der Waals surface area contributed by atoms with Crippen molar-refractivity contribution in [1.29, 1.82) is 0 Å². The minimum atomic E-state index is -1.92. The van der Waals surface area contributed by atoms with E-state index in [-0.39, 0.29) is 23.8 Å². The van der Waals surface area contributed by atoms with E-state index in [4.69, 9.17) is 24.3 Å². The van der Waals surface area contributed by atoms with E-state index in [1.807, 2.05) is 32.0 Å². The minimum Gasteiger partial charge on any atom is -0.461 e. The van der Waals surface area contributed by atoms with Crippen molar-refractivity contribution in [2.45, 2.75) is 102 Å². The number of hydrogen-bond acceptors (Lipinski definition) is 12. The molecule has 1 aliphatic carbocycles.